The normalized spacial score (nSPS) is 13.9. The lowest BCUT2D eigenvalue weighted by Gasteiger charge is -2.35. The average Bonchev–Trinajstić information content (AvgIpc) is 3.55. The van der Waals surface area contributed by atoms with Crippen molar-refractivity contribution in [3.05, 3.63) is 95.1 Å². The molecule has 16 heteroatoms. The third kappa shape index (κ3) is 10.2. The van der Waals surface area contributed by atoms with Gasteiger partial charge in [-0.3, -0.25) is 4.90 Å². The number of halogens is 1. The number of imidazole rings is 1. The number of H-pyrrole nitrogens is 1. The first-order valence-electron chi connectivity index (χ1n) is 17.5. The highest BCUT2D eigenvalue weighted by atomic mass is 19.1. The number of nitrogens with zero attached hydrogens (tertiary/aromatic N) is 7. The number of ether oxygens (including phenoxy) is 2. The topological polar surface area (TPSA) is 186 Å². The molecule has 280 valence electrons. The third-order valence-corrected chi connectivity index (χ3v) is 8.47. The number of hydrogen-bond acceptors (Lipinski definition) is 13. The molecule has 1 atom stereocenters. The molecule has 15 nitrogen and oxygen atoms in total. The van der Waals surface area contributed by atoms with Gasteiger partial charge in [-0.15, -0.1) is 0 Å². The number of amides is 1. The number of hydrogen-bond donors (Lipinski definition) is 4. The number of nitrogens with one attached hydrogen (secondary N) is 4. The van der Waals surface area contributed by atoms with Gasteiger partial charge in [-0.25, -0.2) is 19.0 Å². The van der Waals surface area contributed by atoms with E-state index in [0.717, 1.165) is 16.8 Å². The smallest absolute Gasteiger partial charge is 0.410 e. The number of anilines is 4. The first kappa shape index (κ1) is 37.4. The van der Waals surface area contributed by atoms with Gasteiger partial charge in [0, 0.05) is 44.8 Å². The predicted molar refractivity (Wildman–Crippen MR) is 200 cm³/mol. The second kappa shape index (κ2) is 16.6. The van der Waals surface area contributed by atoms with Crippen LogP contribution in [-0.2, 0) is 33.8 Å². The van der Waals surface area contributed by atoms with Crippen LogP contribution in [0.15, 0.2) is 66.7 Å². The molecule has 0 unspecified atom stereocenters. The number of carbonyl (C=O) groups excluding carboxylic acids is 2. The Bertz CT molecular complexity index is 2140. The summed E-state index contributed by atoms with van der Waals surface area (Å²) in [4.78, 5) is 50.8. The summed E-state index contributed by atoms with van der Waals surface area (Å²) in [5.41, 5.74) is 3.70. The van der Waals surface area contributed by atoms with Crippen LogP contribution in [0.4, 0.5) is 32.7 Å². The number of rotatable bonds is 12. The number of methoxy groups -OCH3 is 1. The molecular formula is C38H42FN11O4. The summed E-state index contributed by atoms with van der Waals surface area (Å²) >= 11 is 0. The van der Waals surface area contributed by atoms with Crippen molar-refractivity contribution >= 4 is 46.6 Å². The van der Waals surface area contributed by atoms with Gasteiger partial charge in [0.1, 0.15) is 23.3 Å². The van der Waals surface area contributed by atoms with Crippen LogP contribution in [-0.4, -0.2) is 91.7 Å². The number of nitriles is 1. The minimum Gasteiger partial charge on any atom is -0.467 e. The van der Waals surface area contributed by atoms with E-state index in [1.54, 1.807) is 35.2 Å². The first-order valence-corrected chi connectivity index (χ1v) is 17.5. The molecule has 0 spiro atoms. The SMILES string of the molecule is COC(=O)[C@@H](Cc1ccc(C#N)cc1)Nc1nc(NCc2nc3ccc(F)cc3[nH]2)nc(Nc2cccc(CN3CCN(C(=O)OC(C)(C)C)CC3)c2)n1. The second-order valence-electron chi connectivity index (χ2n) is 13.8. The van der Waals surface area contributed by atoms with E-state index in [9.17, 15) is 19.2 Å². The van der Waals surface area contributed by atoms with E-state index in [-0.39, 0.29) is 42.7 Å². The predicted octanol–water partition coefficient (Wildman–Crippen LogP) is 5.36. The highest BCUT2D eigenvalue weighted by Crippen LogP contribution is 2.21. The number of aromatic nitrogens is 5. The molecule has 4 N–H and O–H groups in total. The first-order chi connectivity index (χ1) is 25.9. The average molecular weight is 736 g/mol. The second-order valence-corrected chi connectivity index (χ2v) is 13.8. The van der Waals surface area contributed by atoms with Crippen LogP contribution in [0.2, 0.25) is 0 Å². The fourth-order valence-corrected chi connectivity index (χ4v) is 5.85. The Labute approximate surface area is 311 Å². The maximum atomic E-state index is 13.8. The van der Waals surface area contributed by atoms with Crippen LogP contribution in [0, 0.1) is 17.1 Å². The Hall–Kier alpha value is -6.34. The van der Waals surface area contributed by atoms with E-state index >= 15 is 0 Å². The zero-order valence-corrected chi connectivity index (χ0v) is 30.5. The van der Waals surface area contributed by atoms with Crippen molar-refractivity contribution in [1.82, 2.24) is 34.7 Å². The van der Waals surface area contributed by atoms with Crippen LogP contribution < -0.4 is 16.0 Å². The fourth-order valence-electron chi connectivity index (χ4n) is 5.85. The Morgan fingerprint density at radius 2 is 1.69 bits per heavy atom. The molecule has 6 rings (SSSR count). The van der Waals surface area contributed by atoms with Crippen molar-refractivity contribution in [3.8, 4) is 6.07 Å². The van der Waals surface area contributed by atoms with Gasteiger partial charge in [-0.2, -0.15) is 20.2 Å². The lowest BCUT2D eigenvalue weighted by molar-refractivity contribution is -0.141. The van der Waals surface area contributed by atoms with Crippen molar-refractivity contribution in [2.75, 3.05) is 49.2 Å². The lowest BCUT2D eigenvalue weighted by Crippen LogP contribution is -2.49. The number of piperazine rings is 1. The Balaban J connectivity index is 1.19. The van der Waals surface area contributed by atoms with Gasteiger partial charge in [-0.05, 0) is 74.4 Å². The maximum absolute atomic E-state index is 13.8. The molecule has 3 aromatic carbocycles. The van der Waals surface area contributed by atoms with Crippen molar-refractivity contribution in [2.45, 2.75) is 51.9 Å². The molecule has 0 radical (unpaired) electrons. The monoisotopic (exact) mass is 735 g/mol. The van der Waals surface area contributed by atoms with Crippen molar-refractivity contribution in [2.24, 2.45) is 0 Å². The molecule has 1 saturated heterocycles. The summed E-state index contributed by atoms with van der Waals surface area (Å²) < 4.78 is 24.4. The third-order valence-electron chi connectivity index (χ3n) is 8.47. The molecule has 0 saturated carbocycles. The summed E-state index contributed by atoms with van der Waals surface area (Å²) in [6, 6.07) is 20.3. The zero-order valence-electron chi connectivity index (χ0n) is 30.5. The quantitative estimate of drug-likeness (QED) is 0.120. The molecule has 1 amide bonds. The Morgan fingerprint density at radius 1 is 0.944 bits per heavy atom. The summed E-state index contributed by atoms with van der Waals surface area (Å²) in [5.74, 6) is 0.116. The van der Waals surface area contributed by atoms with Gasteiger partial charge >= 0.3 is 12.1 Å². The van der Waals surface area contributed by atoms with E-state index in [1.807, 2.05) is 45.0 Å². The fraction of sp³-hybridized carbons (Fsp3) is 0.342. The van der Waals surface area contributed by atoms with Gasteiger partial charge in [-0.1, -0.05) is 24.3 Å². The van der Waals surface area contributed by atoms with Gasteiger partial charge in [0.25, 0.3) is 0 Å². The molecule has 2 aromatic heterocycles. The van der Waals surface area contributed by atoms with Crippen LogP contribution in [0.3, 0.4) is 0 Å². The minimum absolute atomic E-state index is 0.102. The van der Waals surface area contributed by atoms with Crippen molar-refractivity contribution in [3.63, 3.8) is 0 Å². The number of benzene rings is 3. The Morgan fingerprint density at radius 3 is 2.41 bits per heavy atom. The maximum Gasteiger partial charge on any atom is 0.410 e. The molecule has 54 heavy (non-hydrogen) atoms. The van der Waals surface area contributed by atoms with Gasteiger partial charge in [0.2, 0.25) is 17.8 Å². The standard InChI is InChI=1S/C38H42FN11O4/c1-38(2,3)54-37(52)50-16-14-49(15-17-50)23-26-6-5-7-28(18-26)42-35-46-34(41-22-32-43-29-13-12-27(39)20-30(29)44-32)47-36(48-35)45-31(33(51)53-4)19-24-8-10-25(21-40)11-9-24/h5-13,18,20,31H,14-17,19,22-23H2,1-4H3,(H,43,44)(H3,41,42,45,46,47,48)/t31-/m1/s1. The molecule has 1 aliphatic heterocycles. The van der Waals surface area contributed by atoms with E-state index in [4.69, 9.17) is 9.47 Å². The Kier molecular flexibility index (Phi) is 11.5. The number of esters is 1. The largest absolute Gasteiger partial charge is 0.467 e. The zero-order chi connectivity index (χ0) is 38.2. The summed E-state index contributed by atoms with van der Waals surface area (Å²) in [5, 5.41) is 18.7. The van der Waals surface area contributed by atoms with Gasteiger partial charge in [0.15, 0.2) is 0 Å². The molecular weight excluding hydrogens is 693 g/mol. The summed E-state index contributed by atoms with van der Waals surface area (Å²) in [7, 11) is 1.30. The van der Waals surface area contributed by atoms with Crippen LogP contribution in [0.5, 0.6) is 0 Å². The molecule has 3 heterocycles. The van der Waals surface area contributed by atoms with Gasteiger partial charge < -0.3 is 35.3 Å². The molecule has 0 aliphatic carbocycles. The van der Waals surface area contributed by atoms with Gasteiger partial charge in [0.05, 0.1) is 36.3 Å². The summed E-state index contributed by atoms with van der Waals surface area (Å²) in [6.45, 7) is 9.00. The van der Waals surface area contributed by atoms with E-state index in [2.05, 4.69) is 51.8 Å². The van der Waals surface area contributed by atoms with Crippen molar-refractivity contribution in [1.29, 1.82) is 5.26 Å². The van der Waals surface area contributed by atoms with E-state index in [1.165, 1.54) is 19.2 Å². The van der Waals surface area contributed by atoms with Crippen LogP contribution >= 0.6 is 0 Å². The lowest BCUT2D eigenvalue weighted by atomic mass is 10.0. The summed E-state index contributed by atoms with van der Waals surface area (Å²) in [6.07, 6.45) is -0.0623. The van der Waals surface area contributed by atoms with E-state index < -0.39 is 17.6 Å². The minimum atomic E-state index is -0.865. The number of fused-ring (bicyclic) bond motifs is 1. The molecule has 0 bridgehead atoms. The van der Waals surface area contributed by atoms with Crippen molar-refractivity contribution < 1.29 is 23.5 Å². The van der Waals surface area contributed by atoms with Crippen LogP contribution in [0.1, 0.15) is 43.3 Å². The molecule has 1 aliphatic rings. The highest BCUT2D eigenvalue weighted by molar-refractivity contribution is 5.79. The molecule has 1 fully saturated rings. The van der Waals surface area contributed by atoms with Crippen LogP contribution in [0.25, 0.3) is 11.0 Å². The highest BCUT2D eigenvalue weighted by Gasteiger charge is 2.26. The number of carbonyl (C=O) groups is 2. The number of aromatic amines is 1. The molecule has 5 aromatic rings. The van der Waals surface area contributed by atoms with E-state index in [0.29, 0.717) is 55.1 Å².